The maximum absolute atomic E-state index is 12.7. The van der Waals surface area contributed by atoms with Crippen molar-refractivity contribution in [3.63, 3.8) is 0 Å². The number of nitrogens with zero attached hydrogens (tertiary/aromatic N) is 1. The van der Waals surface area contributed by atoms with Gasteiger partial charge in [-0.1, -0.05) is 19.1 Å². The first-order valence-electron chi connectivity index (χ1n) is 8.52. The third-order valence-corrected chi connectivity index (χ3v) is 5.02. The third kappa shape index (κ3) is 3.45. The molecule has 3 rings (SSSR count). The van der Waals surface area contributed by atoms with Crippen LogP contribution in [0.5, 0.6) is 5.75 Å². The zero-order valence-corrected chi connectivity index (χ0v) is 14.5. The zero-order chi connectivity index (χ0) is 18.0. The van der Waals surface area contributed by atoms with Crippen LogP contribution in [0.1, 0.15) is 38.2 Å². The molecule has 0 radical (unpaired) electrons. The van der Waals surface area contributed by atoms with Crippen molar-refractivity contribution in [3.8, 4) is 5.75 Å². The number of urea groups is 1. The molecule has 1 aliphatic carbocycles. The Hall–Kier alpha value is -2.57. The van der Waals surface area contributed by atoms with Gasteiger partial charge in [0.05, 0.1) is 13.5 Å². The fourth-order valence-corrected chi connectivity index (χ4v) is 3.45. The Kier molecular flexibility index (Phi) is 4.65. The molecule has 134 valence electrons. The summed E-state index contributed by atoms with van der Waals surface area (Å²) in [5, 5.41) is 3.61. The summed E-state index contributed by atoms with van der Waals surface area (Å²) in [5.74, 6) is 0.420. The normalized spacial score (nSPS) is 25.8. The van der Waals surface area contributed by atoms with Gasteiger partial charge in [-0.3, -0.25) is 15.0 Å². The minimum absolute atomic E-state index is 0.0539. The average molecular weight is 345 g/mol. The molecule has 25 heavy (non-hydrogen) atoms. The van der Waals surface area contributed by atoms with Gasteiger partial charge in [0.15, 0.2) is 0 Å². The first-order chi connectivity index (χ1) is 11.9. The average Bonchev–Trinajstić information content (AvgIpc) is 2.82. The summed E-state index contributed by atoms with van der Waals surface area (Å²) in [6.45, 7) is 2.14. The van der Waals surface area contributed by atoms with E-state index in [2.05, 4.69) is 17.7 Å². The monoisotopic (exact) mass is 345 g/mol. The van der Waals surface area contributed by atoms with Crippen molar-refractivity contribution in [1.82, 2.24) is 15.8 Å². The van der Waals surface area contributed by atoms with Crippen molar-refractivity contribution in [3.05, 3.63) is 29.8 Å². The highest BCUT2D eigenvalue weighted by atomic mass is 16.5. The van der Waals surface area contributed by atoms with E-state index < -0.39 is 17.5 Å². The lowest BCUT2D eigenvalue weighted by atomic mass is 9.77. The van der Waals surface area contributed by atoms with Crippen molar-refractivity contribution < 1.29 is 19.1 Å². The topological polar surface area (TPSA) is 87.7 Å². The van der Waals surface area contributed by atoms with Crippen LogP contribution in [0.2, 0.25) is 0 Å². The second-order valence-corrected chi connectivity index (χ2v) is 6.90. The Balaban J connectivity index is 1.65. The molecule has 0 bridgehead atoms. The van der Waals surface area contributed by atoms with E-state index in [1.807, 2.05) is 0 Å². The van der Waals surface area contributed by atoms with Gasteiger partial charge in [-0.05, 0) is 49.3 Å². The molecule has 4 amide bonds. The molecule has 2 N–H and O–H groups in total. The van der Waals surface area contributed by atoms with Gasteiger partial charge in [0, 0.05) is 0 Å². The van der Waals surface area contributed by atoms with Crippen LogP contribution >= 0.6 is 0 Å². The summed E-state index contributed by atoms with van der Waals surface area (Å²) in [7, 11) is 1.55. The second kappa shape index (κ2) is 6.74. The molecule has 1 saturated carbocycles. The number of hydrogen-bond donors (Lipinski definition) is 2. The van der Waals surface area contributed by atoms with Gasteiger partial charge in [-0.15, -0.1) is 0 Å². The molecule has 0 aromatic heterocycles. The highest BCUT2D eigenvalue weighted by Crippen LogP contribution is 2.35. The van der Waals surface area contributed by atoms with Crippen LogP contribution in [0, 0.1) is 5.92 Å². The molecule has 7 heteroatoms. The van der Waals surface area contributed by atoms with Crippen LogP contribution in [-0.2, 0) is 16.0 Å². The van der Waals surface area contributed by atoms with Gasteiger partial charge in [-0.25, -0.2) is 4.79 Å². The van der Waals surface area contributed by atoms with E-state index in [9.17, 15) is 14.4 Å². The van der Waals surface area contributed by atoms with Crippen molar-refractivity contribution in [2.24, 2.45) is 5.92 Å². The molecule has 0 unspecified atom stereocenters. The molecule has 1 heterocycles. The number of imide groups is 1. The third-order valence-electron chi connectivity index (χ3n) is 5.02. The summed E-state index contributed by atoms with van der Waals surface area (Å²) >= 11 is 0. The molecule has 1 aliphatic heterocycles. The lowest BCUT2D eigenvalue weighted by Gasteiger charge is -2.33. The van der Waals surface area contributed by atoms with Gasteiger partial charge < -0.3 is 10.1 Å². The van der Waals surface area contributed by atoms with E-state index in [-0.39, 0.29) is 12.3 Å². The Morgan fingerprint density at radius 3 is 2.76 bits per heavy atom. The first-order valence-corrected chi connectivity index (χ1v) is 8.52. The summed E-state index contributed by atoms with van der Waals surface area (Å²) in [6.07, 6.45) is 3.05. The molecule has 2 fully saturated rings. The van der Waals surface area contributed by atoms with E-state index in [0.29, 0.717) is 24.5 Å². The molecule has 1 aromatic rings. The van der Waals surface area contributed by atoms with E-state index in [4.69, 9.17) is 4.74 Å². The number of carbonyl (C=O) groups is 3. The molecule has 0 atom stereocenters. The predicted molar refractivity (Wildman–Crippen MR) is 90.6 cm³/mol. The first kappa shape index (κ1) is 17.3. The quantitative estimate of drug-likeness (QED) is 0.814. The number of hydrazine groups is 1. The fourth-order valence-electron chi connectivity index (χ4n) is 3.45. The van der Waals surface area contributed by atoms with Gasteiger partial charge in [0.25, 0.3) is 5.91 Å². The molecule has 1 saturated heterocycles. The van der Waals surface area contributed by atoms with Crippen molar-refractivity contribution in [2.45, 2.75) is 44.6 Å². The van der Waals surface area contributed by atoms with Crippen molar-refractivity contribution in [2.75, 3.05) is 7.11 Å². The van der Waals surface area contributed by atoms with E-state index >= 15 is 0 Å². The lowest BCUT2D eigenvalue weighted by Crippen LogP contribution is -2.51. The minimum atomic E-state index is -0.854. The van der Waals surface area contributed by atoms with Crippen molar-refractivity contribution >= 4 is 17.8 Å². The number of methoxy groups -OCH3 is 1. The number of benzene rings is 1. The Bertz CT molecular complexity index is 695. The van der Waals surface area contributed by atoms with Crippen LogP contribution in [0.3, 0.4) is 0 Å². The Labute approximate surface area is 146 Å². The molecule has 1 spiro atoms. The predicted octanol–water partition coefficient (Wildman–Crippen LogP) is 1.77. The number of hydrogen-bond acceptors (Lipinski definition) is 4. The Morgan fingerprint density at radius 1 is 1.36 bits per heavy atom. The SMILES string of the molecule is COc1cccc(CC(=O)NN2C(=O)NC3(CCC(C)CC3)C2=O)c1. The minimum Gasteiger partial charge on any atom is -0.497 e. The lowest BCUT2D eigenvalue weighted by molar-refractivity contribution is -0.139. The van der Waals surface area contributed by atoms with Gasteiger partial charge in [0.2, 0.25) is 5.91 Å². The van der Waals surface area contributed by atoms with Crippen molar-refractivity contribution in [1.29, 1.82) is 0 Å². The van der Waals surface area contributed by atoms with Crippen LogP contribution in [-0.4, -0.2) is 35.5 Å². The smallest absolute Gasteiger partial charge is 0.344 e. The van der Waals surface area contributed by atoms with E-state index in [1.165, 1.54) is 0 Å². The Morgan fingerprint density at radius 2 is 2.08 bits per heavy atom. The molecular formula is C18H23N3O4. The molecule has 7 nitrogen and oxygen atoms in total. The fraction of sp³-hybridized carbons (Fsp3) is 0.500. The number of carbonyl (C=O) groups excluding carboxylic acids is 3. The standard InChI is InChI=1S/C18H23N3O4/c1-12-6-8-18(9-7-12)16(23)21(17(24)19-18)20-15(22)11-13-4-3-5-14(10-13)25-2/h3-5,10,12H,6-9,11H2,1-2H3,(H,19,24)(H,20,22). The molecule has 1 aromatic carbocycles. The van der Waals surface area contributed by atoms with Gasteiger partial charge in [-0.2, -0.15) is 5.01 Å². The van der Waals surface area contributed by atoms with Crippen LogP contribution in [0.4, 0.5) is 4.79 Å². The van der Waals surface area contributed by atoms with Gasteiger partial charge >= 0.3 is 6.03 Å². The zero-order valence-electron chi connectivity index (χ0n) is 14.5. The molecule has 2 aliphatic rings. The van der Waals surface area contributed by atoms with Gasteiger partial charge in [0.1, 0.15) is 11.3 Å². The summed E-state index contributed by atoms with van der Waals surface area (Å²) in [6, 6.07) is 6.55. The second-order valence-electron chi connectivity index (χ2n) is 6.90. The van der Waals surface area contributed by atoms with Crippen LogP contribution < -0.4 is 15.5 Å². The number of amides is 4. The van der Waals surface area contributed by atoms with E-state index in [0.717, 1.165) is 23.4 Å². The number of nitrogens with one attached hydrogen (secondary N) is 2. The summed E-state index contributed by atoms with van der Waals surface area (Å²) in [4.78, 5) is 37.1. The number of ether oxygens (including phenoxy) is 1. The number of rotatable bonds is 4. The van der Waals surface area contributed by atoms with E-state index in [1.54, 1.807) is 31.4 Å². The largest absolute Gasteiger partial charge is 0.497 e. The van der Waals surface area contributed by atoms with Crippen LogP contribution in [0.15, 0.2) is 24.3 Å². The molecular weight excluding hydrogens is 322 g/mol. The maximum atomic E-state index is 12.7. The highest BCUT2D eigenvalue weighted by molar-refractivity contribution is 6.08. The summed E-state index contributed by atoms with van der Waals surface area (Å²) < 4.78 is 5.13. The summed E-state index contributed by atoms with van der Waals surface area (Å²) in [5.41, 5.74) is 2.33. The highest BCUT2D eigenvalue weighted by Gasteiger charge is 2.52. The maximum Gasteiger partial charge on any atom is 0.344 e. The van der Waals surface area contributed by atoms with Crippen LogP contribution in [0.25, 0.3) is 0 Å².